The Morgan fingerprint density at radius 3 is 2.29 bits per heavy atom. The minimum Gasteiger partial charge on any atom is -0.497 e. The van der Waals surface area contributed by atoms with Crippen LogP contribution >= 0.6 is 0 Å². The molecule has 0 radical (unpaired) electrons. The van der Waals surface area contributed by atoms with Crippen LogP contribution in [0.5, 0.6) is 11.5 Å². The molecule has 106 valence electrons. The standard InChI is InChI=1S/C17H16N2O2/c1-20-13-5-3-12(4-6-13)19-16-9-10-18-17-11-14(21-2)7-8-15(16)17/h3-11H,1-2H3,(H,18,19). The van der Waals surface area contributed by atoms with Crippen LogP contribution in [-0.4, -0.2) is 19.2 Å². The molecule has 0 saturated heterocycles. The highest BCUT2D eigenvalue weighted by Crippen LogP contribution is 2.28. The second-order valence-corrected chi connectivity index (χ2v) is 4.60. The zero-order valence-corrected chi connectivity index (χ0v) is 12.0. The summed E-state index contributed by atoms with van der Waals surface area (Å²) >= 11 is 0. The number of methoxy groups -OCH3 is 2. The van der Waals surface area contributed by atoms with Gasteiger partial charge >= 0.3 is 0 Å². The molecular weight excluding hydrogens is 264 g/mol. The number of fused-ring (bicyclic) bond motifs is 1. The van der Waals surface area contributed by atoms with Crippen LogP contribution in [0.25, 0.3) is 10.9 Å². The van der Waals surface area contributed by atoms with Crippen molar-refractivity contribution in [2.75, 3.05) is 19.5 Å². The molecule has 0 unspecified atom stereocenters. The largest absolute Gasteiger partial charge is 0.497 e. The molecule has 0 fully saturated rings. The monoisotopic (exact) mass is 280 g/mol. The molecule has 4 heteroatoms. The summed E-state index contributed by atoms with van der Waals surface area (Å²) in [4.78, 5) is 4.38. The number of aromatic nitrogens is 1. The summed E-state index contributed by atoms with van der Waals surface area (Å²) < 4.78 is 10.4. The van der Waals surface area contributed by atoms with Crippen molar-refractivity contribution in [3.8, 4) is 11.5 Å². The van der Waals surface area contributed by atoms with E-state index in [4.69, 9.17) is 9.47 Å². The molecule has 0 aliphatic carbocycles. The van der Waals surface area contributed by atoms with Gasteiger partial charge in [-0.25, -0.2) is 0 Å². The van der Waals surface area contributed by atoms with Crippen molar-refractivity contribution >= 4 is 22.3 Å². The van der Waals surface area contributed by atoms with Crippen LogP contribution in [0.1, 0.15) is 0 Å². The summed E-state index contributed by atoms with van der Waals surface area (Å²) in [5, 5.41) is 4.45. The zero-order chi connectivity index (χ0) is 14.7. The van der Waals surface area contributed by atoms with Crippen molar-refractivity contribution in [1.29, 1.82) is 0 Å². The Morgan fingerprint density at radius 2 is 1.57 bits per heavy atom. The zero-order valence-electron chi connectivity index (χ0n) is 12.0. The van der Waals surface area contributed by atoms with Crippen LogP contribution in [0.3, 0.4) is 0 Å². The average Bonchev–Trinajstić information content (AvgIpc) is 2.55. The third-order valence-corrected chi connectivity index (χ3v) is 3.32. The van der Waals surface area contributed by atoms with E-state index in [1.165, 1.54) is 0 Å². The summed E-state index contributed by atoms with van der Waals surface area (Å²) in [5.41, 5.74) is 2.90. The van der Waals surface area contributed by atoms with Gasteiger partial charge in [0.25, 0.3) is 0 Å². The number of hydrogen-bond acceptors (Lipinski definition) is 4. The van der Waals surface area contributed by atoms with Gasteiger partial charge in [0.2, 0.25) is 0 Å². The van der Waals surface area contributed by atoms with E-state index in [-0.39, 0.29) is 0 Å². The quantitative estimate of drug-likeness (QED) is 0.784. The Labute approximate surface area is 123 Å². The van der Waals surface area contributed by atoms with Crippen molar-refractivity contribution < 1.29 is 9.47 Å². The SMILES string of the molecule is COc1ccc(Nc2ccnc3cc(OC)ccc23)cc1. The van der Waals surface area contributed by atoms with Crippen LogP contribution < -0.4 is 14.8 Å². The van der Waals surface area contributed by atoms with Gasteiger partial charge in [0.1, 0.15) is 11.5 Å². The first-order valence-electron chi connectivity index (χ1n) is 6.64. The van der Waals surface area contributed by atoms with Crippen LogP contribution in [0.4, 0.5) is 11.4 Å². The van der Waals surface area contributed by atoms with E-state index in [2.05, 4.69) is 10.3 Å². The van der Waals surface area contributed by atoms with Crippen molar-refractivity contribution in [2.45, 2.75) is 0 Å². The number of anilines is 2. The molecule has 0 aliphatic heterocycles. The Morgan fingerprint density at radius 1 is 0.857 bits per heavy atom. The molecular formula is C17H16N2O2. The number of pyridine rings is 1. The molecule has 1 aromatic heterocycles. The molecule has 0 amide bonds. The Balaban J connectivity index is 1.95. The molecule has 3 rings (SSSR count). The maximum absolute atomic E-state index is 5.23. The highest BCUT2D eigenvalue weighted by Gasteiger charge is 2.04. The third kappa shape index (κ3) is 2.74. The molecule has 3 aromatic rings. The van der Waals surface area contributed by atoms with Crippen molar-refractivity contribution in [1.82, 2.24) is 4.98 Å². The number of nitrogens with zero attached hydrogens (tertiary/aromatic N) is 1. The topological polar surface area (TPSA) is 43.4 Å². The first-order chi connectivity index (χ1) is 10.3. The van der Waals surface area contributed by atoms with Crippen LogP contribution in [0.15, 0.2) is 54.7 Å². The van der Waals surface area contributed by atoms with E-state index in [9.17, 15) is 0 Å². The van der Waals surface area contributed by atoms with Gasteiger partial charge in [0.15, 0.2) is 0 Å². The molecule has 0 atom stereocenters. The maximum Gasteiger partial charge on any atom is 0.121 e. The predicted molar refractivity (Wildman–Crippen MR) is 84.6 cm³/mol. The van der Waals surface area contributed by atoms with Gasteiger partial charge in [-0.1, -0.05) is 0 Å². The van der Waals surface area contributed by atoms with Crippen LogP contribution in [0.2, 0.25) is 0 Å². The Hall–Kier alpha value is -2.75. The van der Waals surface area contributed by atoms with Gasteiger partial charge in [-0.15, -0.1) is 0 Å². The smallest absolute Gasteiger partial charge is 0.121 e. The highest BCUT2D eigenvalue weighted by atomic mass is 16.5. The molecule has 2 aromatic carbocycles. The van der Waals surface area contributed by atoms with E-state index >= 15 is 0 Å². The fourth-order valence-electron chi connectivity index (χ4n) is 2.19. The first-order valence-corrected chi connectivity index (χ1v) is 6.64. The molecule has 0 aliphatic rings. The lowest BCUT2D eigenvalue weighted by Crippen LogP contribution is -1.93. The lowest BCUT2D eigenvalue weighted by atomic mass is 10.1. The second-order valence-electron chi connectivity index (χ2n) is 4.60. The second kappa shape index (κ2) is 5.71. The van der Waals surface area contributed by atoms with E-state index in [1.807, 2.05) is 48.5 Å². The minimum atomic E-state index is 0.802. The molecule has 1 N–H and O–H groups in total. The van der Waals surface area contributed by atoms with Crippen molar-refractivity contribution in [3.05, 3.63) is 54.7 Å². The Bertz CT molecular complexity index is 754. The van der Waals surface area contributed by atoms with E-state index in [1.54, 1.807) is 20.4 Å². The number of ether oxygens (including phenoxy) is 2. The lowest BCUT2D eigenvalue weighted by molar-refractivity contribution is 0.415. The fourth-order valence-corrected chi connectivity index (χ4v) is 2.19. The molecule has 0 saturated carbocycles. The van der Waals surface area contributed by atoms with Crippen LogP contribution in [-0.2, 0) is 0 Å². The van der Waals surface area contributed by atoms with Crippen molar-refractivity contribution in [3.63, 3.8) is 0 Å². The lowest BCUT2D eigenvalue weighted by Gasteiger charge is -2.10. The molecule has 4 nitrogen and oxygen atoms in total. The summed E-state index contributed by atoms with van der Waals surface area (Å²) in [6, 6.07) is 15.6. The number of benzene rings is 2. The van der Waals surface area contributed by atoms with Gasteiger partial charge in [0.05, 0.1) is 19.7 Å². The van der Waals surface area contributed by atoms with Gasteiger partial charge in [-0.3, -0.25) is 4.98 Å². The van der Waals surface area contributed by atoms with Crippen molar-refractivity contribution in [2.24, 2.45) is 0 Å². The van der Waals surface area contributed by atoms with Gasteiger partial charge in [0, 0.05) is 29.0 Å². The minimum absolute atomic E-state index is 0.802. The van der Waals surface area contributed by atoms with E-state index < -0.39 is 0 Å². The fraction of sp³-hybridized carbons (Fsp3) is 0.118. The number of rotatable bonds is 4. The van der Waals surface area contributed by atoms with E-state index in [0.29, 0.717) is 0 Å². The summed E-state index contributed by atoms with van der Waals surface area (Å²) in [7, 11) is 3.31. The summed E-state index contributed by atoms with van der Waals surface area (Å²) in [6.07, 6.45) is 1.79. The maximum atomic E-state index is 5.23. The molecule has 1 heterocycles. The molecule has 0 bridgehead atoms. The summed E-state index contributed by atoms with van der Waals surface area (Å²) in [5.74, 6) is 1.64. The predicted octanol–water partition coefficient (Wildman–Crippen LogP) is 4.00. The normalized spacial score (nSPS) is 10.4. The van der Waals surface area contributed by atoms with Gasteiger partial charge in [-0.05, 0) is 42.5 Å². The highest BCUT2D eigenvalue weighted by molar-refractivity contribution is 5.93. The average molecular weight is 280 g/mol. The number of nitrogens with one attached hydrogen (secondary N) is 1. The van der Waals surface area contributed by atoms with Gasteiger partial charge in [-0.2, -0.15) is 0 Å². The first kappa shape index (κ1) is 13.2. The molecule has 21 heavy (non-hydrogen) atoms. The Kier molecular flexibility index (Phi) is 3.60. The third-order valence-electron chi connectivity index (χ3n) is 3.32. The van der Waals surface area contributed by atoms with E-state index in [0.717, 1.165) is 33.8 Å². The molecule has 0 spiro atoms. The summed E-state index contributed by atoms with van der Waals surface area (Å²) in [6.45, 7) is 0. The van der Waals surface area contributed by atoms with Crippen LogP contribution in [0, 0.1) is 0 Å². The van der Waals surface area contributed by atoms with Gasteiger partial charge < -0.3 is 14.8 Å². The number of hydrogen-bond donors (Lipinski definition) is 1.